The molecule has 0 aliphatic rings. The maximum atomic E-state index is 13.9. The molecule has 0 spiro atoms. The summed E-state index contributed by atoms with van der Waals surface area (Å²) in [5.74, 6) is -0.410. The van der Waals surface area contributed by atoms with Crippen LogP contribution in [0.3, 0.4) is 0 Å². The van der Waals surface area contributed by atoms with Crippen LogP contribution in [0.2, 0.25) is 0 Å². The van der Waals surface area contributed by atoms with Crippen molar-refractivity contribution in [2.45, 2.75) is 65.1 Å². The lowest BCUT2D eigenvalue weighted by Crippen LogP contribution is -2.52. The fraction of sp³-hybridized carbons (Fsp3) is 0.375. The summed E-state index contributed by atoms with van der Waals surface area (Å²) in [6, 6.07) is 23.9. The number of rotatable bonds is 14. The van der Waals surface area contributed by atoms with Gasteiger partial charge >= 0.3 is 0 Å². The molecule has 0 saturated heterocycles. The predicted molar refractivity (Wildman–Crippen MR) is 169 cm³/mol. The van der Waals surface area contributed by atoms with Gasteiger partial charge in [-0.3, -0.25) is 13.9 Å². The molecule has 0 aromatic heterocycles. The Morgan fingerprint density at radius 2 is 1.61 bits per heavy atom. The van der Waals surface area contributed by atoms with Gasteiger partial charge in [0.25, 0.3) is 0 Å². The average molecular weight is 643 g/mol. The third-order valence-corrected chi connectivity index (χ3v) is 8.72. The largest absolute Gasteiger partial charge is 0.352 e. The summed E-state index contributed by atoms with van der Waals surface area (Å²) >= 11 is 3.51. The molecule has 7 nitrogen and oxygen atoms in total. The van der Waals surface area contributed by atoms with Crippen LogP contribution < -0.4 is 9.62 Å². The van der Waals surface area contributed by atoms with Crippen LogP contribution in [0.5, 0.6) is 0 Å². The normalized spacial score (nSPS) is 12.8. The van der Waals surface area contributed by atoms with Crippen molar-refractivity contribution in [3.63, 3.8) is 0 Å². The van der Waals surface area contributed by atoms with E-state index in [2.05, 4.69) is 21.2 Å². The van der Waals surface area contributed by atoms with Gasteiger partial charge in [-0.2, -0.15) is 0 Å². The second-order valence-electron chi connectivity index (χ2n) is 10.4. The molecule has 2 amide bonds. The number of nitrogens with one attached hydrogen (secondary N) is 1. The Balaban J connectivity index is 1.90. The Bertz CT molecular complexity index is 1420. The van der Waals surface area contributed by atoms with Gasteiger partial charge in [0.15, 0.2) is 0 Å². The zero-order valence-corrected chi connectivity index (χ0v) is 26.6. The second-order valence-corrected chi connectivity index (χ2v) is 13.2. The molecule has 0 fully saturated rings. The summed E-state index contributed by atoms with van der Waals surface area (Å²) in [4.78, 5) is 29.2. The van der Waals surface area contributed by atoms with Gasteiger partial charge in [-0.1, -0.05) is 83.5 Å². The summed E-state index contributed by atoms with van der Waals surface area (Å²) in [5, 5.41) is 3.07. The fourth-order valence-electron chi connectivity index (χ4n) is 4.65. The SMILES string of the molecule is CC[C@H](C)NC(=O)[C@@H](Cc1ccccc1)N(Cc1cccc(Br)c1)C(=O)CCCN(c1ccccc1C)S(C)(=O)=O. The topological polar surface area (TPSA) is 86.8 Å². The van der Waals surface area contributed by atoms with Crippen molar-refractivity contribution in [1.82, 2.24) is 10.2 Å². The Labute approximate surface area is 253 Å². The number of sulfonamides is 1. The highest BCUT2D eigenvalue weighted by molar-refractivity contribution is 9.10. The number of carbonyl (C=O) groups is 2. The molecule has 0 heterocycles. The Morgan fingerprint density at radius 3 is 2.24 bits per heavy atom. The monoisotopic (exact) mass is 641 g/mol. The van der Waals surface area contributed by atoms with Gasteiger partial charge in [0.1, 0.15) is 6.04 Å². The van der Waals surface area contributed by atoms with Crippen LogP contribution in [0.25, 0.3) is 0 Å². The Kier molecular flexibility index (Phi) is 12.0. The number of amides is 2. The van der Waals surface area contributed by atoms with Crippen LogP contribution in [0.4, 0.5) is 5.69 Å². The molecule has 0 aliphatic carbocycles. The number of carbonyl (C=O) groups excluding carboxylic acids is 2. The van der Waals surface area contributed by atoms with Gasteiger partial charge in [-0.15, -0.1) is 0 Å². The summed E-state index contributed by atoms with van der Waals surface area (Å²) in [6.45, 7) is 6.22. The van der Waals surface area contributed by atoms with E-state index in [1.165, 1.54) is 10.6 Å². The van der Waals surface area contributed by atoms with Gasteiger partial charge < -0.3 is 10.2 Å². The minimum atomic E-state index is -3.56. The molecule has 220 valence electrons. The van der Waals surface area contributed by atoms with Crippen molar-refractivity contribution >= 4 is 43.5 Å². The Hall–Kier alpha value is -3.17. The van der Waals surface area contributed by atoms with E-state index in [4.69, 9.17) is 0 Å². The van der Waals surface area contributed by atoms with E-state index in [-0.39, 0.29) is 37.4 Å². The highest BCUT2D eigenvalue weighted by atomic mass is 79.9. The first kappa shape index (κ1) is 32.3. The molecule has 0 bridgehead atoms. The second kappa shape index (κ2) is 15.2. The smallest absolute Gasteiger partial charge is 0.243 e. The summed E-state index contributed by atoms with van der Waals surface area (Å²) < 4.78 is 27.6. The quantitative estimate of drug-likeness (QED) is 0.239. The summed E-state index contributed by atoms with van der Waals surface area (Å²) in [5.41, 5.74) is 3.28. The molecule has 1 N–H and O–H groups in total. The molecule has 41 heavy (non-hydrogen) atoms. The molecule has 0 unspecified atom stereocenters. The molecular weight excluding hydrogens is 602 g/mol. The van der Waals surface area contributed by atoms with E-state index < -0.39 is 16.1 Å². The molecule has 0 aliphatic heterocycles. The maximum Gasteiger partial charge on any atom is 0.243 e. The molecule has 9 heteroatoms. The first-order valence-corrected chi connectivity index (χ1v) is 16.5. The number of aryl methyl sites for hydroxylation is 1. The van der Waals surface area contributed by atoms with E-state index in [1.807, 2.05) is 87.5 Å². The van der Waals surface area contributed by atoms with E-state index in [1.54, 1.807) is 17.0 Å². The highest BCUT2D eigenvalue weighted by Gasteiger charge is 2.31. The summed E-state index contributed by atoms with van der Waals surface area (Å²) in [6.07, 6.45) is 2.70. The number of hydrogen-bond acceptors (Lipinski definition) is 4. The van der Waals surface area contributed by atoms with E-state index in [9.17, 15) is 18.0 Å². The minimum Gasteiger partial charge on any atom is -0.352 e. The van der Waals surface area contributed by atoms with E-state index >= 15 is 0 Å². The lowest BCUT2D eigenvalue weighted by molar-refractivity contribution is -0.141. The average Bonchev–Trinajstić information content (AvgIpc) is 2.93. The number of benzene rings is 3. The molecule has 3 aromatic carbocycles. The van der Waals surface area contributed by atoms with Gasteiger partial charge in [-0.05, 0) is 61.6 Å². The van der Waals surface area contributed by atoms with Crippen molar-refractivity contribution < 1.29 is 18.0 Å². The molecular formula is C32H40BrN3O4S. The number of halogens is 1. The Morgan fingerprint density at radius 1 is 0.951 bits per heavy atom. The van der Waals surface area contributed by atoms with E-state index in [0.29, 0.717) is 18.5 Å². The third kappa shape index (κ3) is 9.71. The van der Waals surface area contributed by atoms with E-state index in [0.717, 1.165) is 27.6 Å². The third-order valence-electron chi connectivity index (χ3n) is 7.05. The van der Waals surface area contributed by atoms with Crippen molar-refractivity contribution in [3.05, 3.63) is 100 Å². The lowest BCUT2D eigenvalue weighted by atomic mass is 10.0. The van der Waals surface area contributed by atoms with Crippen LogP contribution in [0.1, 0.15) is 49.8 Å². The van der Waals surface area contributed by atoms with Crippen LogP contribution in [-0.4, -0.2) is 50.0 Å². The van der Waals surface area contributed by atoms with Gasteiger partial charge in [0.2, 0.25) is 21.8 Å². The lowest BCUT2D eigenvalue weighted by Gasteiger charge is -2.33. The number of anilines is 1. The number of nitrogens with zero attached hydrogens (tertiary/aromatic N) is 2. The van der Waals surface area contributed by atoms with Gasteiger partial charge in [0.05, 0.1) is 11.9 Å². The van der Waals surface area contributed by atoms with Crippen molar-refractivity contribution in [3.8, 4) is 0 Å². The summed E-state index contributed by atoms with van der Waals surface area (Å²) in [7, 11) is -3.56. The first-order chi connectivity index (χ1) is 19.5. The van der Waals surface area contributed by atoms with Gasteiger partial charge in [-0.25, -0.2) is 8.42 Å². The van der Waals surface area contributed by atoms with Gasteiger partial charge in [0, 0.05) is 36.4 Å². The van der Waals surface area contributed by atoms with Crippen molar-refractivity contribution in [1.29, 1.82) is 0 Å². The van der Waals surface area contributed by atoms with Crippen LogP contribution >= 0.6 is 15.9 Å². The fourth-order valence-corrected chi connectivity index (χ4v) is 6.12. The number of hydrogen-bond donors (Lipinski definition) is 1. The van der Waals surface area contributed by atoms with Crippen molar-refractivity contribution in [2.75, 3.05) is 17.1 Å². The molecule has 3 aromatic rings. The van der Waals surface area contributed by atoms with Crippen LogP contribution in [-0.2, 0) is 32.6 Å². The van der Waals surface area contributed by atoms with Crippen LogP contribution in [0, 0.1) is 6.92 Å². The molecule has 0 saturated carbocycles. The minimum absolute atomic E-state index is 0.0407. The standard InChI is InChI=1S/C32H40BrN3O4S/c1-5-25(3)34-32(38)30(22-26-14-7-6-8-15-26)35(23-27-16-11-17-28(33)21-27)31(37)19-12-20-36(41(4,39)40)29-18-10-9-13-24(29)2/h6-11,13-18,21,25,30H,5,12,19-20,22-23H2,1-4H3,(H,34,38)/t25-,30+/m0/s1. The predicted octanol–water partition coefficient (Wildman–Crippen LogP) is 5.86. The zero-order chi connectivity index (χ0) is 30.0. The molecule has 3 rings (SSSR count). The maximum absolute atomic E-state index is 13.9. The molecule has 2 atom stereocenters. The zero-order valence-electron chi connectivity index (χ0n) is 24.2. The van der Waals surface area contributed by atoms with Crippen molar-refractivity contribution in [2.24, 2.45) is 0 Å². The number of para-hydroxylation sites is 1. The van der Waals surface area contributed by atoms with Crippen LogP contribution in [0.15, 0.2) is 83.3 Å². The molecule has 0 radical (unpaired) electrons. The first-order valence-electron chi connectivity index (χ1n) is 13.9. The highest BCUT2D eigenvalue weighted by Crippen LogP contribution is 2.24.